The van der Waals surface area contributed by atoms with Crippen molar-refractivity contribution in [3.8, 4) is 11.4 Å². The molecule has 2 aliphatic heterocycles. The lowest BCUT2D eigenvalue weighted by Crippen LogP contribution is -2.44. The van der Waals surface area contributed by atoms with Crippen LogP contribution in [0.3, 0.4) is 0 Å². The minimum absolute atomic E-state index is 0.240. The van der Waals surface area contributed by atoms with Crippen molar-refractivity contribution in [3.05, 3.63) is 36.2 Å². The third-order valence-electron chi connectivity index (χ3n) is 6.56. The zero-order valence-corrected chi connectivity index (χ0v) is 17.9. The van der Waals surface area contributed by atoms with Gasteiger partial charge in [-0.15, -0.1) is 0 Å². The zero-order chi connectivity index (χ0) is 20.9. The van der Waals surface area contributed by atoms with Gasteiger partial charge in [0.15, 0.2) is 11.6 Å². The molecule has 2 N–H and O–H groups in total. The number of benzene rings is 1. The molecule has 2 saturated heterocycles. The summed E-state index contributed by atoms with van der Waals surface area (Å²) in [4.78, 5) is 15.9. The van der Waals surface area contributed by atoms with Crippen LogP contribution in [0, 0.1) is 0 Å². The summed E-state index contributed by atoms with van der Waals surface area (Å²) in [5.74, 6) is 1.70. The number of nitrogens with zero attached hydrogens (tertiary/aromatic N) is 5. The molecule has 0 radical (unpaired) electrons. The first kappa shape index (κ1) is 18.8. The Labute approximate surface area is 180 Å². The van der Waals surface area contributed by atoms with Gasteiger partial charge in [0, 0.05) is 36.3 Å². The van der Waals surface area contributed by atoms with Crippen molar-refractivity contribution in [2.45, 2.75) is 31.8 Å². The number of aryl methyl sites for hydroxylation is 1. The van der Waals surface area contributed by atoms with E-state index in [1.165, 1.54) is 0 Å². The van der Waals surface area contributed by atoms with E-state index in [4.69, 9.17) is 19.8 Å². The van der Waals surface area contributed by atoms with Crippen LogP contribution in [0.2, 0.25) is 0 Å². The molecule has 2 atom stereocenters. The number of rotatable bonds is 3. The maximum absolute atomic E-state index is 5.70. The third kappa shape index (κ3) is 3.01. The summed E-state index contributed by atoms with van der Waals surface area (Å²) in [6.07, 6.45) is 4.22. The Morgan fingerprint density at radius 3 is 2.97 bits per heavy atom. The molecule has 1 unspecified atom stereocenters. The van der Waals surface area contributed by atoms with E-state index in [2.05, 4.69) is 46.4 Å². The van der Waals surface area contributed by atoms with Crippen LogP contribution in [0.1, 0.15) is 31.5 Å². The molecule has 0 aliphatic carbocycles. The van der Waals surface area contributed by atoms with Gasteiger partial charge >= 0.3 is 0 Å². The van der Waals surface area contributed by atoms with Crippen LogP contribution >= 0.6 is 0 Å². The topological polar surface area (TPSA) is 83.9 Å². The zero-order valence-electron chi connectivity index (χ0n) is 17.9. The molecule has 8 heteroatoms. The van der Waals surface area contributed by atoms with Crippen molar-refractivity contribution < 1.29 is 4.74 Å². The van der Waals surface area contributed by atoms with E-state index in [9.17, 15) is 0 Å². The van der Waals surface area contributed by atoms with E-state index in [1.54, 1.807) is 0 Å². The van der Waals surface area contributed by atoms with E-state index in [0.717, 1.165) is 70.8 Å². The predicted octanol–water partition coefficient (Wildman–Crippen LogP) is 3.16. The maximum atomic E-state index is 5.70. The number of anilines is 1. The Hall–Kier alpha value is -2.97. The molecule has 0 bridgehead atoms. The minimum atomic E-state index is 0.240. The fourth-order valence-electron chi connectivity index (χ4n) is 4.97. The van der Waals surface area contributed by atoms with Gasteiger partial charge in [-0.1, -0.05) is 12.1 Å². The first-order valence-electron chi connectivity index (χ1n) is 11.1. The van der Waals surface area contributed by atoms with Crippen LogP contribution in [0.5, 0.6) is 0 Å². The minimum Gasteiger partial charge on any atom is -0.377 e. The number of nitrogens with one attached hydrogen (secondary N) is 2. The van der Waals surface area contributed by atoms with E-state index >= 15 is 0 Å². The highest BCUT2D eigenvalue weighted by atomic mass is 16.5. The second-order valence-corrected chi connectivity index (χ2v) is 8.59. The molecule has 2 fully saturated rings. The maximum Gasteiger partial charge on any atom is 0.163 e. The lowest BCUT2D eigenvalue weighted by molar-refractivity contribution is 0.0986. The molecule has 4 aromatic rings. The molecule has 6 rings (SSSR count). The van der Waals surface area contributed by atoms with Gasteiger partial charge in [0.05, 0.1) is 25.3 Å². The van der Waals surface area contributed by atoms with Gasteiger partial charge in [-0.2, -0.15) is 5.10 Å². The van der Waals surface area contributed by atoms with Crippen molar-refractivity contribution in [1.82, 2.24) is 30.0 Å². The van der Waals surface area contributed by atoms with Crippen molar-refractivity contribution in [2.75, 3.05) is 31.2 Å². The van der Waals surface area contributed by atoms with Gasteiger partial charge in [-0.3, -0.25) is 4.68 Å². The van der Waals surface area contributed by atoms with E-state index in [0.29, 0.717) is 13.2 Å². The van der Waals surface area contributed by atoms with E-state index in [-0.39, 0.29) is 12.1 Å². The molecule has 5 heterocycles. The Balaban J connectivity index is 1.62. The quantitative estimate of drug-likeness (QED) is 0.533. The number of aromatic nitrogens is 5. The molecule has 0 saturated carbocycles. The Bertz CT molecular complexity index is 1250. The van der Waals surface area contributed by atoms with Gasteiger partial charge in [-0.25, -0.2) is 9.97 Å². The highest BCUT2D eigenvalue weighted by Crippen LogP contribution is 2.36. The Morgan fingerprint density at radius 1 is 1.19 bits per heavy atom. The smallest absolute Gasteiger partial charge is 0.163 e. The summed E-state index contributed by atoms with van der Waals surface area (Å²) in [5.41, 5.74) is 5.11. The lowest BCUT2D eigenvalue weighted by atomic mass is 10.1. The van der Waals surface area contributed by atoms with Gasteiger partial charge in [0.2, 0.25) is 0 Å². The number of ether oxygens (including phenoxy) is 1. The number of morpholine rings is 1. The monoisotopic (exact) mass is 417 g/mol. The van der Waals surface area contributed by atoms with Gasteiger partial charge < -0.3 is 19.9 Å². The number of aromatic amines is 1. The Kier molecular flexibility index (Phi) is 4.43. The van der Waals surface area contributed by atoms with Gasteiger partial charge in [-0.05, 0) is 38.4 Å². The molecular formula is C23H27N7O. The summed E-state index contributed by atoms with van der Waals surface area (Å²) in [7, 11) is 2.01. The first-order valence-corrected chi connectivity index (χ1v) is 11.1. The molecule has 1 aromatic carbocycles. The Morgan fingerprint density at radius 2 is 2.13 bits per heavy atom. The summed E-state index contributed by atoms with van der Waals surface area (Å²) in [5, 5.41) is 9.65. The second kappa shape index (κ2) is 7.32. The van der Waals surface area contributed by atoms with Gasteiger partial charge in [0.25, 0.3) is 0 Å². The molecular weight excluding hydrogens is 390 g/mol. The van der Waals surface area contributed by atoms with Crippen LogP contribution in [0.15, 0.2) is 30.5 Å². The van der Waals surface area contributed by atoms with Crippen LogP contribution in [0.25, 0.3) is 33.3 Å². The van der Waals surface area contributed by atoms with E-state index in [1.807, 2.05) is 17.9 Å². The standard InChI is InChI=1S/C23H27N7O/c1-14-13-31-12-11-30(14)23-21-20(19(28-29(21)2)18-7-4-9-24-18)26-22(27-23)16-5-3-6-17-15(16)8-10-25-17/h3,5-6,8,10,14,18,24-25H,4,7,9,11-13H2,1-2H3/t14-,18?/m1/s1. The third-order valence-corrected chi connectivity index (χ3v) is 6.56. The predicted molar refractivity (Wildman–Crippen MR) is 121 cm³/mol. The van der Waals surface area contributed by atoms with Crippen LogP contribution in [0.4, 0.5) is 5.82 Å². The largest absolute Gasteiger partial charge is 0.377 e. The molecule has 2 aliphatic rings. The van der Waals surface area contributed by atoms with Crippen molar-refractivity contribution >= 4 is 27.8 Å². The van der Waals surface area contributed by atoms with E-state index < -0.39 is 0 Å². The highest BCUT2D eigenvalue weighted by Gasteiger charge is 2.30. The molecule has 160 valence electrons. The molecule has 0 amide bonds. The fraction of sp³-hybridized carbons (Fsp3) is 0.435. The SMILES string of the molecule is C[C@@H]1COCCN1c1nc(-c2cccc3[nH]ccc23)nc2c(C3CCCN3)nn(C)c12. The summed E-state index contributed by atoms with van der Waals surface area (Å²) >= 11 is 0. The molecule has 3 aromatic heterocycles. The normalized spacial score (nSPS) is 22.1. The van der Waals surface area contributed by atoms with Crippen molar-refractivity contribution in [3.63, 3.8) is 0 Å². The molecule has 31 heavy (non-hydrogen) atoms. The summed E-state index contributed by atoms with van der Waals surface area (Å²) in [6.45, 7) is 5.42. The fourth-order valence-corrected chi connectivity index (χ4v) is 4.97. The first-order chi connectivity index (χ1) is 15.2. The average Bonchev–Trinajstić information content (AvgIpc) is 3.53. The van der Waals surface area contributed by atoms with Crippen molar-refractivity contribution in [1.29, 1.82) is 0 Å². The number of H-pyrrole nitrogens is 1. The van der Waals surface area contributed by atoms with Crippen LogP contribution in [-0.2, 0) is 11.8 Å². The highest BCUT2D eigenvalue weighted by molar-refractivity contribution is 5.96. The summed E-state index contributed by atoms with van der Waals surface area (Å²) < 4.78 is 7.66. The lowest BCUT2D eigenvalue weighted by Gasteiger charge is -2.34. The molecule has 8 nitrogen and oxygen atoms in total. The number of hydrogen-bond donors (Lipinski definition) is 2. The number of hydrogen-bond acceptors (Lipinski definition) is 6. The van der Waals surface area contributed by atoms with Crippen LogP contribution in [-0.4, -0.2) is 57.1 Å². The second-order valence-electron chi connectivity index (χ2n) is 8.59. The van der Waals surface area contributed by atoms with Gasteiger partial charge in [0.1, 0.15) is 16.7 Å². The molecule has 0 spiro atoms. The van der Waals surface area contributed by atoms with Crippen molar-refractivity contribution in [2.24, 2.45) is 7.05 Å². The average molecular weight is 418 g/mol. The number of fused-ring (bicyclic) bond motifs is 2. The summed E-state index contributed by atoms with van der Waals surface area (Å²) in [6, 6.07) is 8.82. The van der Waals surface area contributed by atoms with Crippen LogP contribution < -0.4 is 10.2 Å².